The van der Waals surface area contributed by atoms with Gasteiger partial charge in [-0.3, -0.25) is 4.79 Å². The van der Waals surface area contributed by atoms with E-state index in [0.717, 1.165) is 12.1 Å². The number of rotatable bonds is 4. The average molecular weight is 272 g/mol. The van der Waals surface area contributed by atoms with Gasteiger partial charge in [0.25, 0.3) is 5.91 Å². The van der Waals surface area contributed by atoms with Crippen LogP contribution in [0.3, 0.4) is 0 Å². The Morgan fingerprint density at radius 1 is 1.33 bits per heavy atom. The highest BCUT2D eigenvalue weighted by Crippen LogP contribution is 2.13. The normalized spacial score (nSPS) is 12.3. The number of hydrogen-bond donors (Lipinski definition) is 2. The SMILES string of the molecule is CC(C)C(NC(=O)c1c(F)cccc1F)C(N)=S. The third-order valence-corrected chi connectivity index (χ3v) is 2.70. The molecule has 3 N–H and O–H groups in total. The lowest BCUT2D eigenvalue weighted by molar-refractivity contribution is 0.0931. The van der Waals surface area contributed by atoms with Crippen LogP contribution in [0.2, 0.25) is 0 Å². The molecule has 1 unspecified atom stereocenters. The van der Waals surface area contributed by atoms with Crippen molar-refractivity contribution in [1.29, 1.82) is 0 Å². The van der Waals surface area contributed by atoms with E-state index in [1.54, 1.807) is 13.8 Å². The van der Waals surface area contributed by atoms with Gasteiger partial charge in [-0.15, -0.1) is 0 Å². The van der Waals surface area contributed by atoms with Crippen molar-refractivity contribution in [3.05, 3.63) is 35.4 Å². The average Bonchev–Trinajstić information content (AvgIpc) is 2.24. The van der Waals surface area contributed by atoms with E-state index in [9.17, 15) is 13.6 Å². The van der Waals surface area contributed by atoms with Crippen molar-refractivity contribution in [3.8, 4) is 0 Å². The highest BCUT2D eigenvalue weighted by molar-refractivity contribution is 7.80. The Kier molecular flexibility index (Phi) is 4.72. The molecule has 1 rings (SSSR count). The highest BCUT2D eigenvalue weighted by atomic mass is 32.1. The molecule has 0 aliphatic heterocycles. The number of amides is 1. The van der Waals surface area contributed by atoms with Crippen molar-refractivity contribution in [2.75, 3.05) is 0 Å². The van der Waals surface area contributed by atoms with Gasteiger partial charge in [0.1, 0.15) is 17.2 Å². The molecule has 0 fully saturated rings. The van der Waals surface area contributed by atoms with Gasteiger partial charge < -0.3 is 11.1 Å². The summed E-state index contributed by atoms with van der Waals surface area (Å²) in [5.74, 6) is -2.77. The Labute approximate surface area is 109 Å². The van der Waals surface area contributed by atoms with E-state index < -0.39 is 29.1 Å². The Bertz CT molecular complexity index is 457. The first-order chi connectivity index (χ1) is 8.34. The second-order valence-corrected chi connectivity index (χ2v) is 4.67. The summed E-state index contributed by atoms with van der Waals surface area (Å²) in [5.41, 5.74) is 4.84. The molecule has 3 nitrogen and oxygen atoms in total. The van der Waals surface area contributed by atoms with E-state index in [0.29, 0.717) is 0 Å². The number of thiocarbonyl (C=S) groups is 1. The lowest BCUT2D eigenvalue weighted by Gasteiger charge is -2.21. The number of carbonyl (C=O) groups is 1. The zero-order chi connectivity index (χ0) is 13.9. The molecule has 18 heavy (non-hydrogen) atoms. The van der Waals surface area contributed by atoms with Crippen LogP contribution >= 0.6 is 12.2 Å². The number of hydrogen-bond acceptors (Lipinski definition) is 2. The second-order valence-electron chi connectivity index (χ2n) is 4.19. The molecule has 1 aromatic rings. The lowest BCUT2D eigenvalue weighted by atomic mass is 10.0. The number of halogens is 2. The second kappa shape index (κ2) is 5.86. The van der Waals surface area contributed by atoms with Crippen molar-refractivity contribution in [1.82, 2.24) is 5.32 Å². The van der Waals surface area contributed by atoms with Crippen LogP contribution in [0, 0.1) is 17.6 Å². The summed E-state index contributed by atoms with van der Waals surface area (Å²) >= 11 is 4.80. The van der Waals surface area contributed by atoms with Gasteiger partial charge in [0.2, 0.25) is 0 Å². The van der Waals surface area contributed by atoms with Crippen molar-refractivity contribution < 1.29 is 13.6 Å². The van der Waals surface area contributed by atoms with E-state index in [4.69, 9.17) is 18.0 Å². The Morgan fingerprint density at radius 2 is 1.83 bits per heavy atom. The molecule has 6 heteroatoms. The van der Waals surface area contributed by atoms with Crippen molar-refractivity contribution in [2.24, 2.45) is 11.7 Å². The summed E-state index contributed by atoms with van der Waals surface area (Å²) in [6, 6.07) is 2.62. The first kappa shape index (κ1) is 14.5. The van der Waals surface area contributed by atoms with Crippen LogP contribution in [0.25, 0.3) is 0 Å². The Hall–Kier alpha value is -1.56. The minimum absolute atomic E-state index is 0.0683. The molecule has 0 heterocycles. The zero-order valence-corrected chi connectivity index (χ0v) is 10.9. The fourth-order valence-corrected chi connectivity index (χ4v) is 1.83. The molecule has 0 aromatic heterocycles. The maximum atomic E-state index is 13.4. The van der Waals surface area contributed by atoms with Gasteiger partial charge in [-0.2, -0.15) is 0 Å². The summed E-state index contributed by atoms with van der Waals surface area (Å²) in [6.07, 6.45) is 0. The summed E-state index contributed by atoms with van der Waals surface area (Å²) in [6.45, 7) is 3.59. The summed E-state index contributed by atoms with van der Waals surface area (Å²) in [5, 5.41) is 2.43. The van der Waals surface area contributed by atoms with E-state index in [1.165, 1.54) is 6.07 Å². The van der Waals surface area contributed by atoms with Crippen molar-refractivity contribution in [3.63, 3.8) is 0 Å². The largest absolute Gasteiger partial charge is 0.392 e. The molecule has 0 radical (unpaired) electrons. The van der Waals surface area contributed by atoms with Crippen LogP contribution in [0.15, 0.2) is 18.2 Å². The number of carbonyl (C=O) groups excluding carboxylic acids is 1. The molecule has 0 saturated carbocycles. The van der Waals surface area contributed by atoms with Crippen LogP contribution in [-0.2, 0) is 0 Å². The fraction of sp³-hybridized carbons (Fsp3) is 0.333. The van der Waals surface area contributed by atoms with Gasteiger partial charge in [0.05, 0.1) is 11.0 Å². The summed E-state index contributed by atoms with van der Waals surface area (Å²) in [4.78, 5) is 11.9. The molecular formula is C12H14F2N2OS. The minimum atomic E-state index is -0.919. The number of nitrogens with one attached hydrogen (secondary N) is 1. The predicted molar refractivity (Wildman–Crippen MR) is 69.2 cm³/mol. The first-order valence-electron chi connectivity index (χ1n) is 5.38. The van der Waals surface area contributed by atoms with Crippen molar-refractivity contribution >= 4 is 23.1 Å². The summed E-state index contributed by atoms with van der Waals surface area (Å²) < 4.78 is 26.8. The van der Waals surface area contributed by atoms with E-state index in [2.05, 4.69) is 5.32 Å². The Balaban J connectivity index is 2.98. The third kappa shape index (κ3) is 3.22. The quantitative estimate of drug-likeness (QED) is 0.824. The third-order valence-electron chi connectivity index (χ3n) is 2.45. The molecule has 0 spiro atoms. The first-order valence-corrected chi connectivity index (χ1v) is 5.79. The van der Waals surface area contributed by atoms with Gasteiger partial charge in [0, 0.05) is 0 Å². The molecule has 1 aromatic carbocycles. The maximum absolute atomic E-state index is 13.4. The molecule has 1 amide bonds. The smallest absolute Gasteiger partial charge is 0.257 e. The number of nitrogens with two attached hydrogens (primary N) is 1. The highest BCUT2D eigenvalue weighted by Gasteiger charge is 2.23. The van der Waals surface area contributed by atoms with Crippen LogP contribution < -0.4 is 11.1 Å². The van der Waals surface area contributed by atoms with Gasteiger partial charge in [-0.1, -0.05) is 32.1 Å². The van der Waals surface area contributed by atoms with Crippen molar-refractivity contribution in [2.45, 2.75) is 19.9 Å². The molecule has 1 atom stereocenters. The molecule has 0 aliphatic carbocycles. The van der Waals surface area contributed by atoms with Crippen LogP contribution in [0.5, 0.6) is 0 Å². The van der Waals surface area contributed by atoms with Gasteiger partial charge in [0.15, 0.2) is 0 Å². The van der Waals surface area contributed by atoms with Gasteiger partial charge >= 0.3 is 0 Å². The van der Waals surface area contributed by atoms with Crippen LogP contribution in [0.4, 0.5) is 8.78 Å². The maximum Gasteiger partial charge on any atom is 0.257 e. The minimum Gasteiger partial charge on any atom is -0.392 e. The molecule has 98 valence electrons. The van der Waals surface area contributed by atoms with E-state index >= 15 is 0 Å². The predicted octanol–water partition coefficient (Wildman–Crippen LogP) is 2.01. The number of benzene rings is 1. The van der Waals surface area contributed by atoms with E-state index in [-0.39, 0.29) is 10.9 Å². The zero-order valence-electron chi connectivity index (χ0n) is 10.0. The van der Waals surface area contributed by atoms with E-state index in [1.807, 2.05) is 0 Å². The lowest BCUT2D eigenvalue weighted by Crippen LogP contribution is -2.47. The standard InChI is InChI=1S/C12H14F2N2OS/c1-6(2)10(11(15)18)16-12(17)9-7(13)4-3-5-8(9)14/h3-6,10H,1-2H3,(H2,15,18)(H,16,17). The fourth-order valence-electron chi connectivity index (χ4n) is 1.49. The molecule has 0 saturated heterocycles. The van der Waals surface area contributed by atoms with Crippen LogP contribution in [-0.4, -0.2) is 16.9 Å². The monoisotopic (exact) mass is 272 g/mol. The molecule has 0 aliphatic rings. The van der Waals surface area contributed by atoms with Crippen LogP contribution in [0.1, 0.15) is 24.2 Å². The topological polar surface area (TPSA) is 55.1 Å². The van der Waals surface area contributed by atoms with Gasteiger partial charge in [-0.05, 0) is 18.1 Å². The summed E-state index contributed by atoms with van der Waals surface area (Å²) in [7, 11) is 0. The Morgan fingerprint density at radius 3 is 2.22 bits per heavy atom. The molecular weight excluding hydrogens is 258 g/mol. The van der Waals surface area contributed by atoms with Gasteiger partial charge in [-0.25, -0.2) is 8.78 Å². The molecule has 0 bridgehead atoms.